The molecule has 1 amide bonds. The van der Waals surface area contributed by atoms with Crippen molar-refractivity contribution in [3.05, 3.63) is 64.0 Å². The van der Waals surface area contributed by atoms with Gasteiger partial charge in [-0.2, -0.15) is 5.10 Å². The summed E-state index contributed by atoms with van der Waals surface area (Å²) in [7, 11) is 1.99. The quantitative estimate of drug-likeness (QED) is 0.649. The maximum absolute atomic E-state index is 12.8. The molecule has 3 aromatic rings. The van der Waals surface area contributed by atoms with Gasteiger partial charge in [-0.15, -0.1) is 11.3 Å². The van der Waals surface area contributed by atoms with E-state index in [-0.39, 0.29) is 5.91 Å². The van der Waals surface area contributed by atoms with Crippen LogP contribution in [0.1, 0.15) is 40.8 Å². The lowest BCUT2D eigenvalue weighted by Crippen LogP contribution is -2.31. The molecule has 0 bridgehead atoms. The molecule has 25 heavy (non-hydrogen) atoms. The highest BCUT2D eigenvalue weighted by atomic mass is 32.1. The van der Waals surface area contributed by atoms with Crippen molar-refractivity contribution in [2.45, 2.75) is 38.3 Å². The monoisotopic (exact) mass is 355 g/mol. The van der Waals surface area contributed by atoms with Crippen molar-refractivity contribution in [2.24, 2.45) is 7.05 Å². The highest BCUT2D eigenvalue weighted by Gasteiger charge is 2.28. The Morgan fingerprint density at radius 1 is 1.36 bits per heavy atom. The SMILES string of the molecule is Cn1nc(CN(Cc2ccco2)C(=O)Cc2cccs2)cc1C1CC1. The maximum atomic E-state index is 12.8. The average molecular weight is 355 g/mol. The van der Waals surface area contributed by atoms with Crippen LogP contribution in [0.2, 0.25) is 0 Å². The van der Waals surface area contributed by atoms with Gasteiger partial charge in [0.05, 0.1) is 31.5 Å². The van der Waals surface area contributed by atoms with Gasteiger partial charge in [0.1, 0.15) is 5.76 Å². The van der Waals surface area contributed by atoms with E-state index in [9.17, 15) is 4.79 Å². The Morgan fingerprint density at radius 2 is 2.24 bits per heavy atom. The van der Waals surface area contributed by atoms with Crippen molar-refractivity contribution < 1.29 is 9.21 Å². The summed E-state index contributed by atoms with van der Waals surface area (Å²) < 4.78 is 7.41. The Balaban J connectivity index is 1.51. The molecule has 1 fully saturated rings. The molecule has 0 N–H and O–H groups in total. The summed E-state index contributed by atoms with van der Waals surface area (Å²) in [6.45, 7) is 0.970. The summed E-state index contributed by atoms with van der Waals surface area (Å²) in [5, 5.41) is 6.62. The van der Waals surface area contributed by atoms with Crippen LogP contribution in [0.15, 0.2) is 46.4 Å². The van der Waals surface area contributed by atoms with Gasteiger partial charge in [0.25, 0.3) is 0 Å². The molecule has 0 unspecified atom stereocenters. The second-order valence-corrected chi connectivity index (χ2v) is 7.58. The third kappa shape index (κ3) is 3.85. The summed E-state index contributed by atoms with van der Waals surface area (Å²) in [5.41, 5.74) is 2.22. The van der Waals surface area contributed by atoms with E-state index in [4.69, 9.17) is 4.42 Å². The standard InChI is InChI=1S/C19H21N3O2S/c1-21-18(14-6-7-14)10-15(20-21)12-22(13-16-4-2-8-24-16)19(23)11-17-5-3-9-25-17/h2-5,8-10,14H,6-7,11-13H2,1H3. The number of nitrogens with zero attached hydrogens (tertiary/aromatic N) is 3. The Bertz CT molecular complexity index is 832. The van der Waals surface area contributed by atoms with Crippen LogP contribution < -0.4 is 0 Å². The van der Waals surface area contributed by atoms with Gasteiger partial charge in [-0.3, -0.25) is 9.48 Å². The Morgan fingerprint density at radius 3 is 2.92 bits per heavy atom. The van der Waals surface area contributed by atoms with Gasteiger partial charge < -0.3 is 9.32 Å². The van der Waals surface area contributed by atoms with Crippen molar-refractivity contribution in [2.75, 3.05) is 0 Å². The number of carbonyl (C=O) groups is 1. The molecule has 0 spiro atoms. The molecule has 1 aliphatic carbocycles. The van der Waals surface area contributed by atoms with E-state index in [2.05, 4.69) is 11.2 Å². The van der Waals surface area contributed by atoms with E-state index in [1.807, 2.05) is 46.3 Å². The summed E-state index contributed by atoms with van der Waals surface area (Å²) in [5.74, 6) is 1.53. The van der Waals surface area contributed by atoms with Crippen LogP contribution in [-0.2, 0) is 31.4 Å². The molecular weight excluding hydrogens is 334 g/mol. The summed E-state index contributed by atoms with van der Waals surface area (Å²) in [6.07, 6.45) is 4.54. The lowest BCUT2D eigenvalue weighted by Gasteiger charge is -2.20. The van der Waals surface area contributed by atoms with Crippen molar-refractivity contribution >= 4 is 17.2 Å². The van der Waals surface area contributed by atoms with Crippen molar-refractivity contribution in [3.8, 4) is 0 Å². The first-order chi connectivity index (χ1) is 12.2. The minimum absolute atomic E-state index is 0.0949. The second-order valence-electron chi connectivity index (χ2n) is 6.54. The molecule has 1 saturated carbocycles. The number of hydrogen-bond acceptors (Lipinski definition) is 4. The normalized spacial score (nSPS) is 14.0. The van der Waals surface area contributed by atoms with E-state index in [0.29, 0.717) is 25.4 Å². The lowest BCUT2D eigenvalue weighted by atomic mass is 10.2. The first kappa shape index (κ1) is 16.1. The Kier molecular flexibility index (Phi) is 4.44. The zero-order chi connectivity index (χ0) is 17.2. The highest BCUT2D eigenvalue weighted by molar-refractivity contribution is 7.10. The first-order valence-electron chi connectivity index (χ1n) is 8.54. The molecule has 3 aromatic heterocycles. The van der Waals surface area contributed by atoms with Gasteiger partial charge >= 0.3 is 0 Å². The smallest absolute Gasteiger partial charge is 0.228 e. The topological polar surface area (TPSA) is 51.3 Å². The minimum atomic E-state index is 0.0949. The van der Waals surface area contributed by atoms with Crippen LogP contribution in [-0.4, -0.2) is 20.6 Å². The molecule has 0 radical (unpaired) electrons. The number of aryl methyl sites for hydroxylation is 1. The third-order valence-corrected chi connectivity index (χ3v) is 5.38. The zero-order valence-electron chi connectivity index (χ0n) is 14.2. The molecule has 4 rings (SSSR count). The molecule has 6 heteroatoms. The number of hydrogen-bond donors (Lipinski definition) is 0. The fourth-order valence-corrected chi connectivity index (χ4v) is 3.77. The van der Waals surface area contributed by atoms with Crippen molar-refractivity contribution in [1.82, 2.24) is 14.7 Å². The highest BCUT2D eigenvalue weighted by Crippen LogP contribution is 2.40. The molecule has 1 aliphatic rings. The first-order valence-corrected chi connectivity index (χ1v) is 9.42. The fraction of sp³-hybridized carbons (Fsp3) is 0.368. The minimum Gasteiger partial charge on any atom is -0.467 e. The summed E-state index contributed by atoms with van der Waals surface area (Å²) in [4.78, 5) is 15.7. The van der Waals surface area contributed by atoms with Crippen LogP contribution in [0.4, 0.5) is 0 Å². The predicted molar refractivity (Wildman–Crippen MR) is 96.2 cm³/mol. The van der Waals surface area contributed by atoms with E-state index >= 15 is 0 Å². The largest absolute Gasteiger partial charge is 0.467 e. The van der Waals surface area contributed by atoms with Gasteiger partial charge in [0.2, 0.25) is 5.91 Å². The van der Waals surface area contributed by atoms with E-state index in [1.165, 1.54) is 18.5 Å². The molecule has 0 aromatic carbocycles. The predicted octanol–water partition coefficient (Wildman–Crippen LogP) is 3.72. The summed E-state index contributed by atoms with van der Waals surface area (Å²) >= 11 is 1.61. The lowest BCUT2D eigenvalue weighted by molar-refractivity contribution is -0.132. The summed E-state index contributed by atoms with van der Waals surface area (Å²) in [6, 6.07) is 9.87. The second kappa shape index (κ2) is 6.88. The number of rotatable bonds is 7. The third-order valence-electron chi connectivity index (χ3n) is 4.50. The Labute approximate surface area is 150 Å². The average Bonchev–Trinajstić information content (AvgIpc) is 2.99. The maximum Gasteiger partial charge on any atom is 0.228 e. The van der Waals surface area contributed by atoms with Crippen molar-refractivity contribution in [3.63, 3.8) is 0 Å². The number of carbonyl (C=O) groups excluding carboxylic acids is 1. The van der Waals surface area contributed by atoms with E-state index in [1.54, 1.807) is 17.6 Å². The van der Waals surface area contributed by atoms with Gasteiger partial charge in [-0.1, -0.05) is 6.07 Å². The Hall–Kier alpha value is -2.34. The van der Waals surface area contributed by atoms with Crippen molar-refractivity contribution in [1.29, 1.82) is 0 Å². The molecule has 3 heterocycles. The number of thiophene rings is 1. The van der Waals surface area contributed by atoms with E-state index in [0.717, 1.165) is 16.3 Å². The van der Waals surface area contributed by atoms with Crippen LogP contribution in [0.3, 0.4) is 0 Å². The van der Waals surface area contributed by atoms with Crippen LogP contribution >= 0.6 is 11.3 Å². The van der Waals surface area contributed by atoms with Gasteiger partial charge in [-0.05, 0) is 42.5 Å². The number of amides is 1. The van der Waals surface area contributed by atoms with Gasteiger partial charge in [0, 0.05) is 23.5 Å². The molecule has 0 saturated heterocycles. The van der Waals surface area contributed by atoms with Crippen LogP contribution in [0.25, 0.3) is 0 Å². The molecule has 0 atom stereocenters. The van der Waals surface area contributed by atoms with Gasteiger partial charge in [-0.25, -0.2) is 0 Å². The molecule has 5 nitrogen and oxygen atoms in total. The van der Waals surface area contributed by atoms with Crippen LogP contribution in [0, 0.1) is 0 Å². The number of aromatic nitrogens is 2. The number of furan rings is 1. The van der Waals surface area contributed by atoms with Gasteiger partial charge in [0.15, 0.2) is 0 Å². The molecule has 130 valence electrons. The molecular formula is C19H21N3O2S. The van der Waals surface area contributed by atoms with E-state index < -0.39 is 0 Å². The molecule has 0 aliphatic heterocycles. The fourth-order valence-electron chi connectivity index (χ4n) is 3.07. The van der Waals surface area contributed by atoms with Crippen LogP contribution in [0.5, 0.6) is 0 Å². The zero-order valence-corrected chi connectivity index (χ0v) is 15.0.